The van der Waals surface area contributed by atoms with E-state index in [1.54, 1.807) is 4.68 Å². The standard InChI is InChI=1S/C17H19N5O2/c1-12-4-3-5-21-9-13(8-14(12)21)17(23)22-6-7-24-10-15(22)16-18-11-19-20(16)2/h3-5,8-9,11,15H,6-7,10H2,1-2H3. The summed E-state index contributed by atoms with van der Waals surface area (Å²) in [4.78, 5) is 19.2. The van der Waals surface area contributed by atoms with Crippen molar-refractivity contribution in [2.24, 2.45) is 7.05 Å². The van der Waals surface area contributed by atoms with Crippen LogP contribution in [0.4, 0.5) is 0 Å². The molecule has 0 saturated carbocycles. The lowest BCUT2D eigenvalue weighted by Gasteiger charge is -2.34. The van der Waals surface area contributed by atoms with Gasteiger partial charge >= 0.3 is 0 Å². The summed E-state index contributed by atoms with van der Waals surface area (Å²) < 4.78 is 9.26. The third-order valence-electron chi connectivity index (χ3n) is 4.53. The van der Waals surface area contributed by atoms with Crippen LogP contribution in [0.5, 0.6) is 0 Å². The molecule has 0 bridgehead atoms. The molecule has 24 heavy (non-hydrogen) atoms. The van der Waals surface area contributed by atoms with Crippen molar-refractivity contribution in [3.05, 3.63) is 53.9 Å². The van der Waals surface area contributed by atoms with Crippen molar-refractivity contribution in [3.63, 3.8) is 0 Å². The van der Waals surface area contributed by atoms with E-state index in [2.05, 4.69) is 10.1 Å². The second kappa shape index (κ2) is 5.76. The lowest BCUT2D eigenvalue weighted by molar-refractivity contribution is -0.00617. The Labute approximate surface area is 139 Å². The Morgan fingerprint density at radius 1 is 1.42 bits per heavy atom. The van der Waals surface area contributed by atoms with Crippen molar-refractivity contribution < 1.29 is 9.53 Å². The highest BCUT2D eigenvalue weighted by atomic mass is 16.5. The van der Waals surface area contributed by atoms with E-state index in [9.17, 15) is 4.79 Å². The van der Waals surface area contributed by atoms with Gasteiger partial charge in [0.15, 0.2) is 5.82 Å². The summed E-state index contributed by atoms with van der Waals surface area (Å²) in [6.07, 6.45) is 5.34. The van der Waals surface area contributed by atoms with Crippen LogP contribution >= 0.6 is 0 Å². The van der Waals surface area contributed by atoms with E-state index in [0.717, 1.165) is 16.9 Å². The third-order valence-corrected chi connectivity index (χ3v) is 4.53. The number of amides is 1. The van der Waals surface area contributed by atoms with Crippen molar-refractivity contribution >= 4 is 11.4 Å². The molecule has 1 amide bonds. The highest BCUT2D eigenvalue weighted by molar-refractivity contribution is 5.96. The molecule has 0 aliphatic carbocycles. The van der Waals surface area contributed by atoms with Gasteiger partial charge in [-0.05, 0) is 24.6 Å². The SMILES string of the molecule is Cc1cccn2cc(C(=O)N3CCOCC3c3ncnn3C)cc12. The number of fused-ring (bicyclic) bond motifs is 1. The van der Waals surface area contributed by atoms with Crippen molar-refractivity contribution in [2.45, 2.75) is 13.0 Å². The van der Waals surface area contributed by atoms with Crippen LogP contribution in [0.25, 0.3) is 5.52 Å². The first kappa shape index (κ1) is 14.9. The highest BCUT2D eigenvalue weighted by Crippen LogP contribution is 2.25. The van der Waals surface area contributed by atoms with Gasteiger partial charge in [-0.15, -0.1) is 0 Å². The number of hydrogen-bond acceptors (Lipinski definition) is 4. The molecular weight excluding hydrogens is 306 g/mol. The largest absolute Gasteiger partial charge is 0.377 e. The van der Waals surface area contributed by atoms with Gasteiger partial charge in [0.25, 0.3) is 5.91 Å². The first-order chi connectivity index (χ1) is 11.6. The van der Waals surface area contributed by atoms with E-state index in [-0.39, 0.29) is 11.9 Å². The van der Waals surface area contributed by atoms with Gasteiger partial charge in [-0.1, -0.05) is 6.07 Å². The molecule has 1 saturated heterocycles. The molecule has 124 valence electrons. The number of carbonyl (C=O) groups is 1. The van der Waals surface area contributed by atoms with Gasteiger partial charge in [-0.25, -0.2) is 4.98 Å². The lowest BCUT2D eigenvalue weighted by Crippen LogP contribution is -2.44. The summed E-state index contributed by atoms with van der Waals surface area (Å²) in [5.41, 5.74) is 2.87. The molecule has 4 heterocycles. The average Bonchev–Trinajstić information content (AvgIpc) is 3.21. The molecule has 7 nitrogen and oxygen atoms in total. The smallest absolute Gasteiger partial charge is 0.256 e. The Morgan fingerprint density at radius 2 is 2.29 bits per heavy atom. The first-order valence-electron chi connectivity index (χ1n) is 7.95. The molecule has 1 aliphatic rings. The molecule has 1 aliphatic heterocycles. The summed E-state index contributed by atoms with van der Waals surface area (Å²) in [5.74, 6) is 0.734. The maximum Gasteiger partial charge on any atom is 0.256 e. The average molecular weight is 325 g/mol. The van der Waals surface area contributed by atoms with Crippen LogP contribution in [0.2, 0.25) is 0 Å². The van der Waals surface area contributed by atoms with Crippen LogP contribution in [0.15, 0.2) is 36.9 Å². The number of nitrogens with zero attached hydrogens (tertiary/aromatic N) is 5. The van der Waals surface area contributed by atoms with Crippen molar-refractivity contribution in [3.8, 4) is 0 Å². The minimum Gasteiger partial charge on any atom is -0.377 e. The molecule has 0 aromatic carbocycles. The number of aromatic nitrogens is 4. The molecule has 0 spiro atoms. The van der Waals surface area contributed by atoms with Crippen LogP contribution in [0, 0.1) is 6.92 Å². The van der Waals surface area contributed by atoms with Gasteiger partial charge in [0, 0.05) is 31.5 Å². The summed E-state index contributed by atoms with van der Waals surface area (Å²) >= 11 is 0. The topological polar surface area (TPSA) is 64.7 Å². The van der Waals surface area contributed by atoms with Crippen LogP contribution < -0.4 is 0 Å². The monoisotopic (exact) mass is 325 g/mol. The Kier molecular flexibility index (Phi) is 3.57. The van der Waals surface area contributed by atoms with Crippen molar-refractivity contribution in [1.82, 2.24) is 24.1 Å². The van der Waals surface area contributed by atoms with E-state index >= 15 is 0 Å². The quantitative estimate of drug-likeness (QED) is 0.718. The summed E-state index contributed by atoms with van der Waals surface area (Å²) in [6, 6.07) is 5.75. The fourth-order valence-electron chi connectivity index (χ4n) is 3.24. The fourth-order valence-corrected chi connectivity index (χ4v) is 3.24. The summed E-state index contributed by atoms with van der Waals surface area (Å²) in [5, 5.41) is 4.11. The molecule has 7 heteroatoms. The predicted octanol–water partition coefficient (Wildman–Crippen LogP) is 1.59. The Bertz CT molecular complexity index is 897. The van der Waals surface area contributed by atoms with Gasteiger partial charge in [-0.2, -0.15) is 5.10 Å². The fraction of sp³-hybridized carbons (Fsp3) is 0.353. The lowest BCUT2D eigenvalue weighted by atomic mass is 10.1. The zero-order valence-corrected chi connectivity index (χ0v) is 13.7. The molecular formula is C17H19N5O2. The van der Waals surface area contributed by atoms with Gasteiger partial charge < -0.3 is 14.0 Å². The molecule has 1 fully saturated rings. The number of hydrogen-bond donors (Lipinski definition) is 0. The van der Waals surface area contributed by atoms with Gasteiger partial charge in [-0.3, -0.25) is 9.48 Å². The second-order valence-electron chi connectivity index (χ2n) is 6.04. The van der Waals surface area contributed by atoms with Crippen LogP contribution in [-0.2, 0) is 11.8 Å². The van der Waals surface area contributed by atoms with Gasteiger partial charge in [0.05, 0.1) is 18.8 Å². The zero-order chi connectivity index (χ0) is 16.7. The van der Waals surface area contributed by atoms with E-state index in [0.29, 0.717) is 25.3 Å². The Balaban J connectivity index is 1.70. The summed E-state index contributed by atoms with van der Waals surface area (Å²) in [7, 11) is 1.83. The molecule has 0 N–H and O–H groups in total. The van der Waals surface area contributed by atoms with Crippen molar-refractivity contribution in [2.75, 3.05) is 19.8 Å². The number of morpholine rings is 1. The molecule has 0 radical (unpaired) electrons. The second-order valence-corrected chi connectivity index (χ2v) is 6.04. The zero-order valence-electron chi connectivity index (χ0n) is 13.7. The molecule has 1 unspecified atom stereocenters. The number of ether oxygens (including phenoxy) is 1. The number of aryl methyl sites for hydroxylation is 2. The Morgan fingerprint density at radius 3 is 3.04 bits per heavy atom. The first-order valence-corrected chi connectivity index (χ1v) is 7.95. The third kappa shape index (κ3) is 2.37. The van der Waals surface area contributed by atoms with Crippen LogP contribution in [0.3, 0.4) is 0 Å². The Hall–Kier alpha value is -2.67. The minimum atomic E-state index is -0.220. The van der Waals surface area contributed by atoms with Gasteiger partial charge in [0.2, 0.25) is 0 Å². The molecule has 1 atom stereocenters. The van der Waals surface area contributed by atoms with E-state index in [4.69, 9.17) is 4.74 Å². The minimum absolute atomic E-state index is 0.00519. The maximum absolute atomic E-state index is 13.1. The molecule has 3 aromatic heterocycles. The van der Waals surface area contributed by atoms with E-state index in [1.165, 1.54) is 6.33 Å². The van der Waals surface area contributed by atoms with E-state index in [1.807, 2.05) is 53.9 Å². The van der Waals surface area contributed by atoms with Gasteiger partial charge in [0.1, 0.15) is 12.4 Å². The molecule has 4 rings (SSSR count). The number of carbonyl (C=O) groups excluding carboxylic acids is 1. The van der Waals surface area contributed by atoms with E-state index < -0.39 is 0 Å². The molecule has 3 aromatic rings. The predicted molar refractivity (Wildman–Crippen MR) is 87.7 cm³/mol. The maximum atomic E-state index is 13.1. The van der Waals surface area contributed by atoms with Crippen LogP contribution in [0.1, 0.15) is 27.8 Å². The highest BCUT2D eigenvalue weighted by Gasteiger charge is 2.32. The number of pyridine rings is 1. The summed E-state index contributed by atoms with van der Waals surface area (Å²) in [6.45, 7) is 3.55. The van der Waals surface area contributed by atoms with Crippen LogP contribution in [-0.4, -0.2) is 49.7 Å². The van der Waals surface area contributed by atoms with Crippen molar-refractivity contribution in [1.29, 1.82) is 0 Å². The number of rotatable bonds is 2. The normalized spacial score (nSPS) is 18.2.